The highest BCUT2D eigenvalue weighted by Gasteiger charge is 2.25. The lowest BCUT2D eigenvalue weighted by atomic mass is 10.00. The number of ether oxygens (including phenoxy) is 1. The first-order valence-corrected chi connectivity index (χ1v) is 9.84. The Morgan fingerprint density at radius 1 is 1.18 bits per heavy atom. The molecule has 0 fully saturated rings. The van der Waals surface area contributed by atoms with Gasteiger partial charge in [0, 0.05) is 18.5 Å². The average molecular weight is 379 g/mol. The molecule has 0 saturated heterocycles. The van der Waals surface area contributed by atoms with Gasteiger partial charge in [0.25, 0.3) is 0 Å². The quantitative estimate of drug-likeness (QED) is 0.592. The lowest BCUT2D eigenvalue weighted by Crippen LogP contribution is -2.37. The smallest absolute Gasteiger partial charge is 0.246 e. The van der Waals surface area contributed by atoms with Crippen molar-refractivity contribution in [1.29, 1.82) is 0 Å². The zero-order valence-corrected chi connectivity index (χ0v) is 16.0. The predicted molar refractivity (Wildman–Crippen MR) is 110 cm³/mol. The second-order valence-corrected chi connectivity index (χ2v) is 7.27. The minimum absolute atomic E-state index is 0.0807. The van der Waals surface area contributed by atoms with Gasteiger partial charge < -0.3 is 20.3 Å². The van der Waals surface area contributed by atoms with Gasteiger partial charge in [-0.25, -0.2) is 0 Å². The van der Waals surface area contributed by atoms with E-state index in [-0.39, 0.29) is 17.7 Å². The number of unbranched alkanes of at least 4 members (excludes halogenated alkanes) is 1. The van der Waals surface area contributed by atoms with Crippen LogP contribution in [0.1, 0.15) is 36.5 Å². The SMILES string of the molecule is CC1Nc2c(cccc2C(=O)CCCCN2CCOc3ccccc32)NC1=O. The van der Waals surface area contributed by atoms with Crippen LogP contribution < -0.4 is 20.3 Å². The summed E-state index contributed by atoms with van der Waals surface area (Å²) in [6.07, 6.45) is 2.26. The molecule has 0 radical (unpaired) electrons. The van der Waals surface area contributed by atoms with Gasteiger partial charge in [-0.05, 0) is 44.0 Å². The molecule has 1 amide bonds. The van der Waals surface area contributed by atoms with Crippen molar-refractivity contribution in [1.82, 2.24) is 0 Å². The molecule has 0 spiro atoms. The molecule has 146 valence electrons. The second-order valence-electron chi connectivity index (χ2n) is 7.27. The fourth-order valence-corrected chi connectivity index (χ4v) is 3.75. The monoisotopic (exact) mass is 379 g/mol. The zero-order chi connectivity index (χ0) is 19.5. The van der Waals surface area contributed by atoms with Gasteiger partial charge in [0.2, 0.25) is 5.91 Å². The normalized spacial score (nSPS) is 17.7. The number of anilines is 3. The van der Waals surface area contributed by atoms with Crippen LogP contribution in [0.2, 0.25) is 0 Å². The Hall–Kier alpha value is -3.02. The number of hydrogen-bond donors (Lipinski definition) is 2. The number of nitrogens with one attached hydrogen (secondary N) is 2. The maximum atomic E-state index is 12.8. The van der Waals surface area contributed by atoms with E-state index in [4.69, 9.17) is 4.74 Å². The first kappa shape index (κ1) is 18.3. The third kappa shape index (κ3) is 3.67. The van der Waals surface area contributed by atoms with Gasteiger partial charge in [-0.3, -0.25) is 9.59 Å². The third-order valence-electron chi connectivity index (χ3n) is 5.28. The molecule has 4 rings (SSSR count). The van der Waals surface area contributed by atoms with E-state index in [0.717, 1.165) is 43.1 Å². The van der Waals surface area contributed by atoms with Crippen LogP contribution in [0.3, 0.4) is 0 Å². The van der Waals surface area contributed by atoms with Gasteiger partial charge in [-0.2, -0.15) is 0 Å². The van der Waals surface area contributed by atoms with Crippen molar-refractivity contribution in [3.8, 4) is 5.75 Å². The summed E-state index contributed by atoms with van der Waals surface area (Å²) in [6, 6.07) is 13.2. The number of nitrogens with zero attached hydrogens (tertiary/aromatic N) is 1. The first-order chi connectivity index (χ1) is 13.6. The number of Topliss-reactive ketones (excluding diaryl/α,β-unsaturated/α-hetero) is 1. The number of carbonyl (C=O) groups excluding carboxylic acids is 2. The van der Waals surface area contributed by atoms with E-state index < -0.39 is 0 Å². The molecule has 2 N–H and O–H groups in total. The van der Waals surface area contributed by atoms with Crippen molar-refractivity contribution in [3.05, 3.63) is 48.0 Å². The molecule has 0 aliphatic carbocycles. The molecule has 0 saturated carbocycles. The highest BCUT2D eigenvalue weighted by Crippen LogP contribution is 2.32. The van der Waals surface area contributed by atoms with Crippen molar-refractivity contribution in [2.45, 2.75) is 32.2 Å². The van der Waals surface area contributed by atoms with Gasteiger partial charge in [0.15, 0.2) is 5.78 Å². The number of amides is 1. The molecule has 6 nitrogen and oxygen atoms in total. The van der Waals surface area contributed by atoms with Crippen LogP contribution in [0.25, 0.3) is 0 Å². The molecule has 1 unspecified atom stereocenters. The van der Waals surface area contributed by atoms with Gasteiger partial charge in [0.05, 0.1) is 23.6 Å². The van der Waals surface area contributed by atoms with E-state index in [9.17, 15) is 9.59 Å². The summed E-state index contributed by atoms with van der Waals surface area (Å²) in [5.41, 5.74) is 3.20. The molecule has 2 heterocycles. The standard InChI is InChI=1S/C22H25N3O3/c1-15-22(27)24-17-8-6-7-16(21(17)23-15)19(26)10-4-5-12-25-13-14-28-20-11-3-2-9-18(20)25/h2-3,6-9,11,15,23H,4-5,10,12-14H2,1H3,(H,24,27). The van der Waals surface area contributed by atoms with Gasteiger partial charge in [0.1, 0.15) is 18.4 Å². The molecule has 2 aliphatic rings. The van der Waals surface area contributed by atoms with Crippen LogP contribution in [0.5, 0.6) is 5.75 Å². The molecule has 28 heavy (non-hydrogen) atoms. The number of benzene rings is 2. The first-order valence-electron chi connectivity index (χ1n) is 9.84. The summed E-state index contributed by atoms with van der Waals surface area (Å²) in [6.45, 7) is 4.27. The Morgan fingerprint density at radius 2 is 2.04 bits per heavy atom. The summed E-state index contributed by atoms with van der Waals surface area (Å²) < 4.78 is 5.69. The van der Waals surface area contributed by atoms with E-state index >= 15 is 0 Å². The fourth-order valence-electron chi connectivity index (χ4n) is 3.75. The van der Waals surface area contributed by atoms with E-state index in [1.807, 2.05) is 36.4 Å². The Labute approximate surface area is 164 Å². The lowest BCUT2D eigenvalue weighted by molar-refractivity contribution is -0.116. The van der Waals surface area contributed by atoms with Crippen LogP contribution in [-0.2, 0) is 4.79 Å². The number of rotatable bonds is 6. The molecular weight excluding hydrogens is 354 g/mol. The van der Waals surface area contributed by atoms with Gasteiger partial charge >= 0.3 is 0 Å². The van der Waals surface area contributed by atoms with E-state index in [1.165, 1.54) is 0 Å². The molecule has 1 atom stereocenters. The van der Waals surface area contributed by atoms with Crippen molar-refractivity contribution in [3.63, 3.8) is 0 Å². The Kier molecular flexibility index (Phi) is 5.19. The Balaban J connectivity index is 1.34. The van der Waals surface area contributed by atoms with Crippen LogP contribution in [0.15, 0.2) is 42.5 Å². The molecular formula is C22H25N3O3. The Bertz CT molecular complexity index is 896. The second kappa shape index (κ2) is 7.92. The van der Waals surface area contributed by atoms with Crippen molar-refractivity contribution in [2.24, 2.45) is 0 Å². The summed E-state index contributed by atoms with van der Waals surface area (Å²) in [5, 5.41) is 6.01. The minimum Gasteiger partial charge on any atom is -0.490 e. The fraction of sp³-hybridized carbons (Fsp3) is 0.364. The highest BCUT2D eigenvalue weighted by atomic mass is 16.5. The highest BCUT2D eigenvalue weighted by molar-refractivity contribution is 6.10. The van der Waals surface area contributed by atoms with Crippen LogP contribution in [-0.4, -0.2) is 37.4 Å². The van der Waals surface area contributed by atoms with E-state index in [1.54, 1.807) is 6.92 Å². The maximum absolute atomic E-state index is 12.8. The number of hydrogen-bond acceptors (Lipinski definition) is 5. The average Bonchev–Trinajstić information content (AvgIpc) is 2.71. The van der Waals surface area contributed by atoms with Crippen LogP contribution in [0, 0.1) is 0 Å². The van der Waals surface area contributed by atoms with Gasteiger partial charge in [-0.1, -0.05) is 18.2 Å². The molecule has 2 aliphatic heterocycles. The maximum Gasteiger partial charge on any atom is 0.246 e. The lowest BCUT2D eigenvalue weighted by Gasteiger charge is -2.31. The molecule has 0 bridgehead atoms. The van der Waals surface area contributed by atoms with Crippen molar-refractivity contribution < 1.29 is 14.3 Å². The van der Waals surface area contributed by atoms with Crippen LogP contribution in [0.4, 0.5) is 17.1 Å². The van der Waals surface area contributed by atoms with Gasteiger partial charge in [-0.15, -0.1) is 0 Å². The molecule has 2 aromatic carbocycles. The van der Waals surface area contributed by atoms with E-state index in [0.29, 0.717) is 24.3 Å². The zero-order valence-electron chi connectivity index (χ0n) is 16.0. The number of fused-ring (bicyclic) bond motifs is 2. The summed E-state index contributed by atoms with van der Waals surface area (Å²) in [7, 11) is 0. The molecule has 2 aromatic rings. The predicted octanol–water partition coefficient (Wildman–Crippen LogP) is 3.69. The summed E-state index contributed by atoms with van der Waals surface area (Å²) in [5.74, 6) is 0.959. The van der Waals surface area contributed by atoms with Crippen molar-refractivity contribution in [2.75, 3.05) is 35.2 Å². The summed E-state index contributed by atoms with van der Waals surface area (Å²) in [4.78, 5) is 26.9. The van der Waals surface area contributed by atoms with Crippen LogP contribution >= 0.6 is 0 Å². The summed E-state index contributed by atoms with van der Waals surface area (Å²) >= 11 is 0. The topological polar surface area (TPSA) is 70.7 Å². The number of carbonyl (C=O) groups is 2. The minimum atomic E-state index is -0.345. The van der Waals surface area contributed by atoms with E-state index in [2.05, 4.69) is 21.6 Å². The number of ketones is 1. The Morgan fingerprint density at radius 3 is 2.93 bits per heavy atom. The third-order valence-corrected chi connectivity index (χ3v) is 5.28. The molecule has 6 heteroatoms. The van der Waals surface area contributed by atoms with Crippen molar-refractivity contribution >= 4 is 28.8 Å². The largest absolute Gasteiger partial charge is 0.490 e. The molecule has 0 aromatic heterocycles. The number of para-hydroxylation sites is 3.